The van der Waals surface area contributed by atoms with Gasteiger partial charge >= 0.3 is 0 Å². The van der Waals surface area contributed by atoms with Gasteiger partial charge in [0.25, 0.3) is 5.91 Å². The number of nitrogens with one attached hydrogen (secondary N) is 1. The zero-order valence-corrected chi connectivity index (χ0v) is 12.8. The highest BCUT2D eigenvalue weighted by Crippen LogP contribution is 2.36. The summed E-state index contributed by atoms with van der Waals surface area (Å²) in [5.74, 6) is -0.00782. The van der Waals surface area contributed by atoms with Gasteiger partial charge in [-0.3, -0.25) is 4.79 Å². The third-order valence-electron chi connectivity index (χ3n) is 3.84. The Balaban J connectivity index is 1.96. The number of amides is 1. The zero-order chi connectivity index (χ0) is 14.7. The summed E-state index contributed by atoms with van der Waals surface area (Å²) in [6.07, 6.45) is 9.02. The summed E-state index contributed by atoms with van der Waals surface area (Å²) in [7, 11) is 0. The number of hydrogen-bond donors (Lipinski definition) is 2. The van der Waals surface area contributed by atoms with Crippen LogP contribution in [0.1, 0.15) is 40.1 Å². The Morgan fingerprint density at radius 2 is 2.05 bits per heavy atom. The average Bonchev–Trinajstić information content (AvgIpc) is 3.14. The SMILES string of the molecule is O=C(NCCCO)c1c(-n2cccc2)sc2c1CCCC2. The van der Waals surface area contributed by atoms with Crippen molar-refractivity contribution in [2.24, 2.45) is 0 Å². The van der Waals surface area contributed by atoms with Crippen LogP contribution in [0.4, 0.5) is 0 Å². The van der Waals surface area contributed by atoms with Gasteiger partial charge in [0.1, 0.15) is 5.00 Å². The molecule has 0 atom stereocenters. The lowest BCUT2D eigenvalue weighted by atomic mass is 9.95. The summed E-state index contributed by atoms with van der Waals surface area (Å²) >= 11 is 1.74. The minimum atomic E-state index is -0.00782. The van der Waals surface area contributed by atoms with Crippen molar-refractivity contribution in [2.45, 2.75) is 32.1 Å². The predicted octanol–water partition coefficient (Wildman–Crippen LogP) is 2.53. The van der Waals surface area contributed by atoms with Crippen LogP contribution in [-0.2, 0) is 12.8 Å². The van der Waals surface area contributed by atoms with Crippen LogP contribution in [0.3, 0.4) is 0 Å². The van der Waals surface area contributed by atoms with Crippen molar-refractivity contribution in [3.8, 4) is 5.00 Å². The molecule has 2 heterocycles. The van der Waals surface area contributed by atoms with E-state index >= 15 is 0 Å². The highest BCUT2D eigenvalue weighted by molar-refractivity contribution is 7.15. The maximum absolute atomic E-state index is 12.6. The van der Waals surface area contributed by atoms with E-state index in [0.717, 1.165) is 29.8 Å². The second-order valence-corrected chi connectivity index (χ2v) is 6.40. The molecular weight excluding hydrogens is 284 g/mol. The van der Waals surface area contributed by atoms with Crippen LogP contribution in [0.25, 0.3) is 5.00 Å². The van der Waals surface area contributed by atoms with Crippen LogP contribution in [0, 0.1) is 0 Å². The maximum atomic E-state index is 12.6. The molecule has 5 heteroatoms. The quantitative estimate of drug-likeness (QED) is 0.834. The number of nitrogens with zero attached hydrogens (tertiary/aromatic N) is 1. The Hall–Kier alpha value is -1.59. The Labute approximate surface area is 128 Å². The van der Waals surface area contributed by atoms with Crippen molar-refractivity contribution < 1.29 is 9.90 Å². The lowest BCUT2D eigenvalue weighted by Gasteiger charge is -2.13. The van der Waals surface area contributed by atoms with Gasteiger partial charge in [0, 0.05) is 30.4 Å². The van der Waals surface area contributed by atoms with Gasteiger partial charge in [-0.05, 0) is 49.8 Å². The molecular formula is C16H20N2O2S. The molecule has 2 aromatic rings. The van der Waals surface area contributed by atoms with Crippen LogP contribution >= 0.6 is 11.3 Å². The number of aliphatic hydroxyl groups excluding tert-OH is 1. The molecule has 0 fully saturated rings. The Kier molecular flexibility index (Phi) is 4.41. The van der Waals surface area contributed by atoms with Gasteiger partial charge in [-0.25, -0.2) is 0 Å². The summed E-state index contributed by atoms with van der Waals surface area (Å²) in [6, 6.07) is 3.96. The molecule has 0 saturated carbocycles. The lowest BCUT2D eigenvalue weighted by Crippen LogP contribution is -2.26. The van der Waals surface area contributed by atoms with E-state index in [1.165, 1.54) is 16.9 Å². The first-order valence-electron chi connectivity index (χ1n) is 7.48. The number of aromatic nitrogens is 1. The number of carbonyl (C=O) groups is 1. The Morgan fingerprint density at radius 1 is 1.29 bits per heavy atom. The second kappa shape index (κ2) is 6.45. The molecule has 4 nitrogen and oxygen atoms in total. The zero-order valence-electron chi connectivity index (χ0n) is 12.0. The maximum Gasteiger partial charge on any atom is 0.254 e. The molecule has 0 saturated heterocycles. The van der Waals surface area contributed by atoms with Gasteiger partial charge in [0.15, 0.2) is 0 Å². The van der Waals surface area contributed by atoms with E-state index in [4.69, 9.17) is 5.11 Å². The molecule has 2 N–H and O–H groups in total. The topological polar surface area (TPSA) is 54.3 Å². The van der Waals surface area contributed by atoms with E-state index in [2.05, 4.69) is 5.32 Å². The van der Waals surface area contributed by atoms with E-state index in [9.17, 15) is 4.79 Å². The number of aryl methyl sites for hydroxylation is 1. The summed E-state index contributed by atoms with van der Waals surface area (Å²) in [5.41, 5.74) is 2.07. The van der Waals surface area contributed by atoms with Gasteiger partial charge in [0.2, 0.25) is 0 Å². The van der Waals surface area contributed by atoms with Gasteiger partial charge in [0.05, 0.1) is 5.56 Å². The Morgan fingerprint density at radius 3 is 2.81 bits per heavy atom. The average molecular weight is 304 g/mol. The smallest absolute Gasteiger partial charge is 0.254 e. The summed E-state index contributed by atoms with van der Waals surface area (Å²) in [4.78, 5) is 13.9. The molecule has 1 aliphatic carbocycles. The largest absolute Gasteiger partial charge is 0.396 e. The fraction of sp³-hybridized carbons (Fsp3) is 0.438. The molecule has 1 aliphatic rings. The molecule has 0 aromatic carbocycles. The van der Waals surface area contributed by atoms with Crippen LogP contribution in [0.5, 0.6) is 0 Å². The van der Waals surface area contributed by atoms with Crippen LogP contribution in [-0.4, -0.2) is 28.7 Å². The first kappa shape index (κ1) is 14.4. The van der Waals surface area contributed by atoms with Crippen molar-refractivity contribution >= 4 is 17.2 Å². The highest BCUT2D eigenvalue weighted by Gasteiger charge is 2.25. The summed E-state index contributed by atoms with van der Waals surface area (Å²) in [5, 5.41) is 12.8. The second-order valence-electron chi connectivity index (χ2n) is 5.31. The standard InChI is InChI=1S/C16H20N2O2S/c19-11-5-8-17-15(20)14-12-6-1-2-7-13(12)21-16(14)18-9-3-4-10-18/h3-4,9-10,19H,1-2,5-8,11H2,(H,17,20). The van der Waals surface area contributed by atoms with Crippen LogP contribution in [0.2, 0.25) is 0 Å². The normalized spacial score (nSPS) is 14.0. The number of carbonyl (C=O) groups excluding carboxylic acids is 1. The van der Waals surface area contributed by atoms with E-state index < -0.39 is 0 Å². The molecule has 0 unspecified atom stereocenters. The monoisotopic (exact) mass is 304 g/mol. The molecule has 112 valence electrons. The molecule has 2 aromatic heterocycles. The minimum Gasteiger partial charge on any atom is -0.396 e. The fourth-order valence-electron chi connectivity index (χ4n) is 2.81. The van der Waals surface area contributed by atoms with Gasteiger partial charge in [-0.2, -0.15) is 0 Å². The molecule has 21 heavy (non-hydrogen) atoms. The van der Waals surface area contributed by atoms with Crippen molar-refractivity contribution in [3.63, 3.8) is 0 Å². The summed E-state index contributed by atoms with van der Waals surface area (Å²) < 4.78 is 2.03. The van der Waals surface area contributed by atoms with Crippen molar-refractivity contribution in [2.75, 3.05) is 13.2 Å². The van der Waals surface area contributed by atoms with E-state index in [-0.39, 0.29) is 12.5 Å². The first-order chi connectivity index (χ1) is 10.3. The number of fused-ring (bicyclic) bond motifs is 1. The van der Waals surface area contributed by atoms with Crippen molar-refractivity contribution in [3.05, 3.63) is 40.5 Å². The van der Waals surface area contributed by atoms with Crippen molar-refractivity contribution in [1.82, 2.24) is 9.88 Å². The number of aliphatic hydroxyl groups is 1. The lowest BCUT2D eigenvalue weighted by molar-refractivity contribution is 0.0950. The molecule has 0 spiro atoms. The number of rotatable bonds is 5. The third kappa shape index (κ3) is 2.89. The van der Waals surface area contributed by atoms with Crippen LogP contribution in [0.15, 0.2) is 24.5 Å². The third-order valence-corrected chi connectivity index (χ3v) is 5.14. The summed E-state index contributed by atoms with van der Waals surface area (Å²) in [6.45, 7) is 0.623. The highest BCUT2D eigenvalue weighted by atomic mass is 32.1. The molecule has 0 radical (unpaired) electrons. The number of hydrogen-bond acceptors (Lipinski definition) is 3. The Bertz CT molecular complexity index is 617. The van der Waals surface area contributed by atoms with Gasteiger partial charge in [-0.15, -0.1) is 11.3 Å². The molecule has 1 amide bonds. The predicted molar refractivity (Wildman–Crippen MR) is 84.3 cm³/mol. The van der Waals surface area contributed by atoms with E-state index in [0.29, 0.717) is 13.0 Å². The van der Waals surface area contributed by atoms with E-state index in [1.54, 1.807) is 11.3 Å². The number of thiophene rings is 1. The fourth-order valence-corrected chi connectivity index (χ4v) is 4.16. The van der Waals surface area contributed by atoms with Crippen molar-refractivity contribution in [1.29, 1.82) is 0 Å². The molecule has 3 rings (SSSR count). The van der Waals surface area contributed by atoms with Crippen LogP contribution < -0.4 is 5.32 Å². The molecule has 0 aliphatic heterocycles. The first-order valence-corrected chi connectivity index (χ1v) is 8.30. The van der Waals surface area contributed by atoms with Gasteiger partial charge in [-0.1, -0.05) is 0 Å². The molecule has 0 bridgehead atoms. The minimum absolute atomic E-state index is 0.00782. The van der Waals surface area contributed by atoms with E-state index in [1.807, 2.05) is 29.1 Å². The van der Waals surface area contributed by atoms with Gasteiger partial charge < -0.3 is 15.0 Å².